The largest absolute Gasteiger partial charge is 0.389 e. The van der Waals surface area contributed by atoms with E-state index in [0.29, 0.717) is 15.7 Å². The summed E-state index contributed by atoms with van der Waals surface area (Å²) in [6.45, 7) is 0. The second-order valence-electron chi connectivity index (χ2n) is 3.18. The number of hydrogen-bond acceptors (Lipinski definition) is 5. The minimum absolute atomic E-state index is 0.0446. The van der Waals surface area contributed by atoms with E-state index in [1.165, 1.54) is 11.3 Å². The van der Waals surface area contributed by atoms with Crippen molar-refractivity contribution in [2.24, 2.45) is 0 Å². The molecule has 0 aliphatic heterocycles. The summed E-state index contributed by atoms with van der Waals surface area (Å²) >= 11 is 1.22. The molecule has 0 saturated carbocycles. The first-order valence-corrected chi connectivity index (χ1v) is 6.77. The normalized spacial score (nSPS) is 10.8. The van der Waals surface area contributed by atoms with Gasteiger partial charge in [-0.15, -0.1) is 11.3 Å². The van der Waals surface area contributed by atoms with Crippen LogP contribution in [-0.4, -0.2) is 13.4 Å². The summed E-state index contributed by atoms with van der Waals surface area (Å²) < 4.78 is 21.2. The maximum absolute atomic E-state index is 10.6. The Kier molecular flexibility index (Phi) is 3.21. The topological polar surface area (TPSA) is 73.1 Å². The van der Waals surface area contributed by atoms with Gasteiger partial charge in [0.05, 0.1) is 5.75 Å². The Morgan fingerprint density at radius 2 is 1.94 bits per heavy atom. The van der Waals surface area contributed by atoms with Crippen LogP contribution in [0.5, 0.6) is 0 Å². The molecule has 0 atom stereocenters. The lowest BCUT2D eigenvalue weighted by atomic mass is 10.2. The molecule has 1 aromatic carbocycles. The summed E-state index contributed by atoms with van der Waals surface area (Å²) in [5.41, 5.74) is 7.38. The average molecular weight is 254 g/mol. The predicted octanol–water partition coefficient (Wildman–Crippen LogP) is 1.50. The Labute approximate surface area is 98.7 Å². The third kappa shape index (κ3) is 2.40. The van der Waals surface area contributed by atoms with Gasteiger partial charge in [0.1, 0.15) is 26.4 Å². The van der Waals surface area contributed by atoms with Crippen LogP contribution in [0.15, 0.2) is 30.3 Å². The number of thiazole rings is 1. The van der Waals surface area contributed by atoms with E-state index >= 15 is 0 Å². The molecule has 2 rings (SSSR count). The van der Waals surface area contributed by atoms with E-state index in [-0.39, 0.29) is 5.75 Å². The van der Waals surface area contributed by atoms with Crippen LogP contribution < -0.4 is 5.73 Å². The van der Waals surface area contributed by atoms with Crippen molar-refractivity contribution in [1.82, 2.24) is 4.98 Å². The predicted molar refractivity (Wildman–Crippen MR) is 66.0 cm³/mol. The van der Waals surface area contributed by atoms with Crippen molar-refractivity contribution in [2.75, 3.05) is 5.73 Å². The zero-order valence-corrected chi connectivity index (χ0v) is 10.0. The lowest BCUT2D eigenvalue weighted by molar-refractivity contribution is 0.614. The lowest BCUT2D eigenvalue weighted by Gasteiger charge is -1.96. The van der Waals surface area contributed by atoms with Gasteiger partial charge in [0, 0.05) is 5.56 Å². The number of rotatable bonds is 3. The van der Waals surface area contributed by atoms with Crippen LogP contribution in [0.3, 0.4) is 0 Å². The zero-order valence-electron chi connectivity index (χ0n) is 8.29. The summed E-state index contributed by atoms with van der Waals surface area (Å²) in [7, 11) is -2.45. The van der Waals surface area contributed by atoms with Crippen LogP contribution in [-0.2, 0) is 16.5 Å². The van der Waals surface area contributed by atoms with Gasteiger partial charge in [0.2, 0.25) is 0 Å². The summed E-state index contributed by atoms with van der Waals surface area (Å²) in [6, 6.07) is 9.48. The Morgan fingerprint density at radius 3 is 2.56 bits per heavy atom. The SMILES string of the molecule is Nc1sc(C[SH](=O)=O)nc1-c1ccccc1. The average Bonchev–Trinajstić information content (AvgIpc) is 2.60. The molecule has 0 fully saturated rings. The lowest BCUT2D eigenvalue weighted by Crippen LogP contribution is -1.87. The molecule has 1 heterocycles. The highest BCUT2D eigenvalue weighted by Crippen LogP contribution is 2.30. The molecule has 4 nitrogen and oxygen atoms in total. The van der Waals surface area contributed by atoms with Gasteiger partial charge >= 0.3 is 0 Å². The minimum atomic E-state index is -2.45. The standard InChI is InChI=1S/C10H10N2O2S2/c11-10-9(7-4-2-1-3-5-7)12-8(15-10)6-16(13)14/h1-5,16H,6,11H2. The van der Waals surface area contributed by atoms with Gasteiger partial charge in [0.25, 0.3) is 0 Å². The van der Waals surface area contributed by atoms with Crippen molar-refractivity contribution in [1.29, 1.82) is 0 Å². The first-order chi connectivity index (χ1) is 7.66. The Balaban J connectivity index is 2.39. The molecule has 0 aliphatic carbocycles. The van der Waals surface area contributed by atoms with Gasteiger partial charge in [-0.05, 0) is 0 Å². The minimum Gasteiger partial charge on any atom is -0.389 e. The van der Waals surface area contributed by atoms with Gasteiger partial charge in [-0.2, -0.15) is 0 Å². The third-order valence-electron chi connectivity index (χ3n) is 2.01. The molecule has 2 aromatic rings. The molecule has 6 heteroatoms. The van der Waals surface area contributed by atoms with E-state index in [4.69, 9.17) is 5.73 Å². The van der Waals surface area contributed by atoms with Gasteiger partial charge < -0.3 is 5.73 Å². The summed E-state index contributed by atoms with van der Waals surface area (Å²) in [5, 5.41) is 1.09. The van der Waals surface area contributed by atoms with Crippen LogP contribution in [0.1, 0.15) is 5.01 Å². The van der Waals surface area contributed by atoms with Crippen LogP contribution >= 0.6 is 11.3 Å². The highest BCUT2D eigenvalue weighted by molar-refractivity contribution is 7.71. The third-order valence-corrected chi connectivity index (χ3v) is 3.67. The number of nitrogen functional groups attached to an aromatic ring is 1. The molecule has 0 unspecified atom stereocenters. The van der Waals surface area contributed by atoms with E-state index in [1.807, 2.05) is 30.3 Å². The fraction of sp³-hybridized carbons (Fsp3) is 0.100. The van der Waals surface area contributed by atoms with E-state index < -0.39 is 10.7 Å². The number of nitrogens with zero attached hydrogens (tertiary/aromatic N) is 1. The fourth-order valence-corrected chi connectivity index (χ4v) is 2.88. The maximum atomic E-state index is 10.6. The monoisotopic (exact) mass is 254 g/mol. The number of thiol groups is 1. The molecule has 0 spiro atoms. The second-order valence-corrected chi connectivity index (χ2v) is 5.27. The number of aromatic nitrogens is 1. The van der Waals surface area contributed by atoms with Crippen molar-refractivity contribution >= 4 is 27.0 Å². The summed E-state index contributed by atoms with van der Waals surface area (Å²) in [5.74, 6) is -0.0446. The maximum Gasteiger partial charge on any atom is 0.146 e. The molecule has 0 amide bonds. The van der Waals surface area contributed by atoms with Gasteiger partial charge in [-0.25, -0.2) is 13.4 Å². The van der Waals surface area contributed by atoms with E-state index in [9.17, 15) is 8.42 Å². The van der Waals surface area contributed by atoms with Crippen molar-refractivity contribution in [3.05, 3.63) is 35.3 Å². The quantitative estimate of drug-likeness (QED) is 0.814. The van der Waals surface area contributed by atoms with Crippen molar-refractivity contribution in [3.63, 3.8) is 0 Å². The van der Waals surface area contributed by atoms with E-state index in [1.54, 1.807) is 0 Å². The van der Waals surface area contributed by atoms with Crippen molar-refractivity contribution in [3.8, 4) is 11.3 Å². The number of nitrogens with two attached hydrogens (primary N) is 1. The number of benzene rings is 1. The Morgan fingerprint density at radius 1 is 1.25 bits per heavy atom. The molecule has 16 heavy (non-hydrogen) atoms. The van der Waals surface area contributed by atoms with Gasteiger partial charge in [-0.1, -0.05) is 30.3 Å². The Bertz CT molecular complexity index is 553. The number of hydrogen-bond donors (Lipinski definition) is 2. The smallest absolute Gasteiger partial charge is 0.146 e. The molecule has 2 N–H and O–H groups in total. The molecular weight excluding hydrogens is 244 g/mol. The van der Waals surface area contributed by atoms with Crippen molar-refractivity contribution < 1.29 is 8.42 Å². The highest BCUT2D eigenvalue weighted by atomic mass is 32.2. The molecule has 84 valence electrons. The fourth-order valence-electron chi connectivity index (χ4n) is 1.36. The van der Waals surface area contributed by atoms with Crippen LogP contribution in [0.4, 0.5) is 5.00 Å². The zero-order chi connectivity index (χ0) is 11.5. The van der Waals surface area contributed by atoms with Crippen LogP contribution in [0.2, 0.25) is 0 Å². The highest BCUT2D eigenvalue weighted by Gasteiger charge is 2.10. The van der Waals surface area contributed by atoms with Gasteiger partial charge in [0.15, 0.2) is 0 Å². The molecule has 0 radical (unpaired) electrons. The number of anilines is 1. The molecule has 1 aromatic heterocycles. The molecule has 0 bridgehead atoms. The van der Waals surface area contributed by atoms with E-state index in [2.05, 4.69) is 4.98 Å². The molecular formula is C10H10N2O2S2. The summed E-state index contributed by atoms with van der Waals surface area (Å²) in [6.07, 6.45) is 0. The first-order valence-electron chi connectivity index (χ1n) is 4.59. The summed E-state index contributed by atoms with van der Waals surface area (Å²) in [4.78, 5) is 4.23. The van der Waals surface area contributed by atoms with Crippen LogP contribution in [0.25, 0.3) is 11.3 Å². The van der Waals surface area contributed by atoms with Gasteiger partial charge in [-0.3, -0.25) is 0 Å². The van der Waals surface area contributed by atoms with Crippen LogP contribution in [0, 0.1) is 0 Å². The van der Waals surface area contributed by atoms with E-state index in [0.717, 1.165) is 5.56 Å². The molecule has 0 aliphatic rings. The molecule has 0 saturated heterocycles. The first kappa shape index (κ1) is 11.1. The van der Waals surface area contributed by atoms with Crippen molar-refractivity contribution in [2.45, 2.75) is 5.75 Å². The Hall–Kier alpha value is -1.40. The second kappa shape index (κ2) is 4.63.